The average molecular weight is 333 g/mol. The van der Waals surface area contributed by atoms with E-state index in [4.69, 9.17) is 0 Å². The van der Waals surface area contributed by atoms with Gasteiger partial charge >= 0.3 is 18.5 Å². The highest BCUT2D eigenvalue weighted by molar-refractivity contribution is 5.73. The lowest BCUT2D eigenvalue weighted by Gasteiger charge is -2.17. The van der Waals surface area contributed by atoms with Crippen LogP contribution < -0.4 is 10.3 Å². The second kappa shape index (κ2) is 6.28. The normalized spacial score (nSPS) is 12.1. The number of alkyl halides is 6. The number of hydrogen-bond donors (Lipinski definition) is 1. The van der Waals surface area contributed by atoms with Gasteiger partial charge in [-0.2, -0.15) is 13.2 Å². The lowest BCUT2D eigenvalue weighted by molar-refractivity contribution is -0.278. The lowest BCUT2D eigenvalue weighted by Crippen LogP contribution is -2.26. The van der Waals surface area contributed by atoms with E-state index in [1.807, 2.05) is 0 Å². The molecule has 1 rings (SSSR count). The summed E-state index contributed by atoms with van der Waals surface area (Å²) >= 11 is 0. The Kier molecular flexibility index (Phi) is 5.09. The molecule has 1 N–H and O–H groups in total. The third kappa shape index (κ3) is 4.97. The first-order valence-electron chi connectivity index (χ1n) is 5.68. The highest BCUT2D eigenvalue weighted by Crippen LogP contribution is 2.38. The number of carbonyl (C=O) groups is 1. The standard InChI is InChI=1S/C11H9F6NO4/c1-2-21-7(20)4-5-3-6(19)18-9(22-11(15,16)17)8(5)10(12,13)14/h3H,2,4H2,1H3,(H,18,19). The van der Waals surface area contributed by atoms with E-state index in [0.717, 1.165) is 0 Å². The molecule has 0 aliphatic rings. The fourth-order valence-corrected chi connectivity index (χ4v) is 1.60. The molecule has 0 aromatic carbocycles. The van der Waals surface area contributed by atoms with Crippen LogP contribution in [0.25, 0.3) is 0 Å². The molecule has 1 heterocycles. The Morgan fingerprint density at radius 2 is 1.82 bits per heavy atom. The van der Waals surface area contributed by atoms with Gasteiger partial charge in [0.2, 0.25) is 5.88 Å². The molecule has 0 saturated carbocycles. The highest BCUT2D eigenvalue weighted by atomic mass is 19.4. The van der Waals surface area contributed by atoms with E-state index in [9.17, 15) is 35.9 Å². The molecule has 0 amide bonds. The quantitative estimate of drug-likeness (QED) is 0.679. The predicted molar refractivity (Wildman–Crippen MR) is 59.1 cm³/mol. The fourth-order valence-electron chi connectivity index (χ4n) is 1.60. The number of carbonyl (C=O) groups excluding carboxylic acids is 1. The van der Waals surface area contributed by atoms with Crippen molar-refractivity contribution in [2.45, 2.75) is 25.9 Å². The van der Waals surface area contributed by atoms with Crippen molar-refractivity contribution in [3.63, 3.8) is 0 Å². The van der Waals surface area contributed by atoms with Gasteiger partial charge in [0.05, 0.1) is 13.0 Å². The summed E-state index contributed by atoms with van der Waals surface area (Å²) in [5.41, 5.74) is -4.15. The zero-order chi connectivity index (χ0) is 17.1. The predicted octanol–water partition coefficient (Wildman–Crippen LogP) is 2.40. The lowest BCUT2D eigenvalue weighted by atomic mass is 10.1. The molecule has 0 bridgehead atoms. The smallest absolute Gasteiger partial charge is 0.466 e. The molecular weight excluding hydrogens is 324 g/mol. The largest absolute Gasteiger partial charge is 0.574 e. The third-order valence-corrected chi connectivity index (χ3v) is 2.23. The van der Waals surface area contributed by atoms with Gasteiger partial charge in [-0.3, -0.25) is 14.6 Å². The van der Waals surface area contributed by atoms with Crippen LogP contribution in [0.1, 0.15) is 18.1 Å². The van der Waals surface area contributed by atoms with Crippen LogP contribution in [0, 0.1) is 0 Å². The summed E-state index contributed by atoms with van der Waals surface area (Å²) in [6.07, 6.45) is -11.8. The number of halogens is 6. The maximum absolute atomic E-state index is 12.9. The molecular formula is C11H9F6NO4. The molecule has 1 aromatic heterocycles. The van der Waals surface area contributed by atoms with Crippen LogP contribution in [-0.4, -0.2) is 23.9 Å². The van der Waals surface area contributed by atoms with Crippen LogP contribution in [0.2, 0.25) is 0 Å². The summed E-state index contributed by atoms with van der Waals surface area (Å²) in [5, 5.41) is 0. The molecule has 11 heteroatoms. The molecule has 0 atom stereocenters. The van der Waals surface area contributed by atoms with E-state index in [0.29, 0.717) is 6.07 Å². The second-order valence-corrected chi connectivity index (χ2v) is 3.89. The molecule has 0 radical (unpaired) electrons. The van der Waals surface area contributed by atoms with Crippen molar-refractivity contribution in [1.82, 2.24) is 4.98 Å². The van der Waals surface area contributed by atoms with Gasteiger partial charge in [-0.15, -0.1) is 13.2 Å². The van der Waals surface area contributed by atoms with Crippen LogP contribution in [0.5, 0.6) is 5.88 Å². The number of H-pyrrole nitrogens is 1. The number of aromatic nitrogens is 1. The summed E-state index contributed by atoms with van der Waals surface area (Å²) in [6.45, 7) is 1.24. The summed E-state index contributed by atoms with van der Waals surface area (Å²) in [6, 6.07) is 0.364. The molecule has 0 aliphatic carbocycles. The molecule has 0 saturated heterocycles. The summed E-state index contributed by atoms with van der Waals surface area (Å²) < 4.78 is 82.9. The van der Waals surface area contributed by atoms with E-state index >= 15 is 0 Å². The Bertz CT molecular complexity index is 604. The number of rotatable bonds is 4. The minimum absolute atomic E-state index is 0.144. The molecule has 124 valence electrons. The van der Waals surface area contributed by atoms with Gasteiger partial charge in [-0.05, 0) is 12.5 Å². The van der Waals surface area contributed by atoms with Gasteiger partial charge in [0.25, 0.3) is 5.56 Å². The number of nitrogens with one attached hydrogen (secondary N) is 1. The summed E-state index contributed by atoms with van der Waals surface area (Å²) in [7, 11) is 0. The van der Waals surface area contributed by atoms with Crippen molar-refractivity contribution in [1.29, 1.82) is 0 Å². The average Bonchev–Trinajstić information content (AvgIpc) is 2.23. The van der Waals surface area contributed by atoms with Crippen LogP contribution in [0.4, 0.5) is 26.3 Å². The van der Waals surface area contributed by atoms with Crippen molar-refractivity contribution in [2.24, 2.45) is 0 Å². The second-order valence-electron chi connectivity index (χ2n) is 3.89. The van der Waals surface area contributed by atoms with Gasteiger partial charge in [0.15, 0.2) is 0 Å². The minimum Gasteiger partial charge on any atom is -0.466 e. The Balaban J connectivity index is 3.42. The first kappa shape index (κ1) is 17.9. The molecule has 0 fully saturated rings. The van der Waals surface area contributed by atoms with Crippen molar-refractivity contribution in [3.8, 4) is 5.88 Å². The van der Waals surface area contributed by atoms with Crippen molar-refractivity contribution >= 4 is 5.97 Å². The molecule has 22 heavy (non-hydrogen) atoms. The van der Waals surface area contributed by atoms with E-state index in [2.05, 4.69) is 9.47 Å². The van der Waals surface area contributed by atoms with Crippen LogP contribution in [0.15, 0.2) is 10.9 Å². The number of ether oxygens (including phenoxy) is 2. The number of hydrogen-bond acceptors (Lipinski definition) is 4. The van der Waals surface area contributed by atoms with Gasteiger partial charge in [-0.1, -0.05) is 0 Å². The van der Waals surface area contributed by atoms with Gasteiger partial charge in [0, 0.05) is 6.07 Å². The fraction of sp³-hybridized carbons (Fsp3) is 0.455. The maximum Gasteiger partial charge on any atom is 0.574 e. The molecule has 0 unspecified atom stereocenters. The summed E-state index contributed by atoms with van der Waals surface area (Å²) in [4.78, 5) is 23.7. The maximum atomic E-state index is 12.9. The van der Waals surface area contributed by atoms with Crippen LogP contribution in [-0.2, 0) is 22.1 Å². The molecule has 0 spiro atoms. The Labute approximate surface area is 118 Å². The minimum atomic E-state index is -5.45. The Morgan fingerprint density at radius 3 is 2.27 bits per heavy atom. The number of esters is 1. The highest BCUT2D eigenvalue weighted by Gasteiger charge is 2.42. The summed E-state index contributed by atoms with van der Waals surface area (Å²) in [5.74, 6) is -2.96. The van der Waals surface area contributed by atoms with Gasteiger partial charge in [0.1, 0.15) is 5.56 Å². The first-order valence-corrected chi connectivity index (χ1v) is 5.68. The van der Waals surface area contributed by atoms with Crippen molar-refractivity contribution in [2.75, 3.05) is 6.61 Å². The van der Waals surface area contributed by atoms with E-state index in [1.54, 1.807) is 0 Å². The van der Waals surface area contributed by atoms with E-state index in [-0.39, 0.29) is 6.61 Å². The third-order valence-electron chi connectivity index (χ3n) is 2.23. The number of aromatic amines is 1. The molecule has 1 aromatic rings. The Morgan fingerprint density at radius 1 is 1.23 bits per heavy atom. The Hall–Kier alpha value is -2.20. The van der Waals surface area contributed by atoms with Crippen molar-refractivity contribution in [3.05, 3.63) is 27.5 Å². The van der Waals surface area contributed by atoms with Crippen molar-refractivity contribution < 1.29 is 40.6 Å². The van der Waals surface area contributed by atoms with E-state index < -0.39 is 47.5 Å². The SMILES string of the molecule is CCOC(=O)Cc1cc(=O)[nH]c(OC(F)(F)F)c1C(F)(F)F. The zero-order valence-electron chi connectivity index (χ0n) is 10.9. The van der Waals surface area contributed by atoms with Gasteiger partial charge in [-0.25, -0.2) is 0 Å². The number of pyridine rings is 1. The molecule has 0 aliphatic heterocycles. The first-order chi connectivity index (χ1) is 9.94. The zero-order valence-corrected chi connectivity index (χ0v) is 10.9. The van der Waals surface area contributed by atoms with Crippen LogP contribution >= 0.6 is 0 Å². The van der Waals surface area contributed by atoms with E-state index in [1.165, 1.54) is 11.9 Å². The van der Waals surface area contributed by atoms with Gasteiger partial charge < -0.3 is 9.47 Å². The molecule has 5 nitrogen and oxygen atoms in total. The monoisotopic (exact) mass is 333 g/mol. The van der Waals surface area contributed by atoms with Crippen LogP contribution in [0.3, 0.4) is 0 Å². The topological polar surface area (TPSA) is 68.4 Å².